The monoisotopic (exact) mass is 837 g/mol. The highest BCUT2D eigenvalue weighted by atomic mass is 16.5. The van der Waals surface area contributed by atoms with Crippen molar-refractivity contribution in [1.29, 1.82) is 0 Å². The van der Waals surface area contributed by atoms with Crippen LogP contribution in [0.2, 0.25) is 0 Å². The van der Waals surface area contributed by atoms with Crippen LogP contribution < -0.4 is 10.6 Å². The number of amides is 4. The van der Waals surface area contributed by atoms with Gasteiger partial charge in [0.15, 0.2) is 0 Å². The minimum atomic E-state index is -0.898. The zero-order valence-electron chi connectivity index (χ0n) is 38.1. The summed E-state index contributed by atoms with van der Waals surface area (Å²) in [6, 6.07) is 10.1. The van der Waals surface area contributed by atoms with Gasteiger partial charge in [0.1, 0.15) is 12.1 Å². The van der Waals surface area contributed by atoms with Crippen LogP contribution in [0.4, 0.5) is 0 Å². The molecule has 0 spiro atoms. The normalized spacial score (nSPS) is 18.2. The first-order chi connectivity index (χ1) is 28.5. The number of carbonyl (C=O) groups is 5. The van der Waals surface area contributed by atoms with Crippen molar-refractivity contribution in [2.75, 3.05) is 42.0 Å². The molecule has 60 heavy (non-hydrogen) atoms. The minimum absolute atomic E-state index is 0.00788. The molecular formula is C46H72N6O8. The van der Waals surface area contributed by atoms with Crippen molar-refractivity contribution in [1.82, 2.24) is 30.3 Å². The number of esters is 1. The van der Waals surface area contributed by atoms with Crippen molar-refractivity contribution >= 4 is 29.6 Å². The SMILES string of the molecule is CC[C@H](C)[C@@H]([C@@H](CC(=O)N1CCC[C@H]1[C@H](OC)[C@@H](C)C(=O)N[C@@H](Cc1ccccc1)C(=O)OC)OC)N(C)C(=O)[C@@H](NC(=O)[C@H](C(C)C)N(C)Cc1ccncc1)C(C)C. The second-order valence-electron chi connectivity index (χ2n) is 17.1. The molecule has 2 aromatic rings. The van der Waals surface area contributed by atoms with Crippen LogP contribution in [0.3, 0.4) is 0 Å². The Kier molecular flexibility index (Phi) is 20.1. The summed E-state index contributed by atoms with van der Waals surface area (Å²) in [5.74, 6) is -2.61. The van der Waals surface area contributed by atoms with Gasteiger partial charge in [-0.2, -0.15) is 0 Å². The number of aromatic nitrogens is 1. The second kappa shape index (κ2) is 24.1. The third kappa shape index (κ3) is 13.3. The first kappa shape index (κ1) is 50.0. The molecule has 0 unspecified atom stereocenters. The fourth-order valence-electron chi connectivity index (χ4n) is 8.65. The first-order valence-electron chi connectivity index (χ1n) is 21.4. The number of nitrogens with zero attached hydrogens (tertiary/aromatic N) is 4. The number of hydrogen-bond donors (Lipinski definition) is 2. The number of methoxy groups -OCH3 is 3. The molecule has 2 heterocycles. The van der Waals surface area contributed by atoms with Gasteiger partial charge in [-0.3, -0.25) is 29.1 Å². The lowest BCUT2D eigenvalue weighted by Gasteiger charge is -2.41. The summed E-state index contributed by atoms with van der Waals surface area (Å²) in [6.07, 6.45) is 4.45. The maximum atomic E-state index is 14.5. The summed E-state index contributed by atoms with van der Waals surface area (Å²) in [5.41, 5.74) is 1.90. The van der Waals surface area contributed by atoms with Crippen LogP contribution in [0.5, 0.6) is 0 Å². The van der Waals surface area contributed by atoms with Crippen LogP contribution in [-0.4, -0.2) is 134 Å². The Balaban J connectivity index is 1.78. The van der Waals surface area contributed by atoms with Gasteiger partial charge in [0.05, 0.1) is 49.8 Å². The molecule has 1 fully saturated rings. The van der Waals surface area contributed by atoms with Crippen LogP contribution in [0.25, 0.3) is 0 Å². The first-order valence-corrected chi connectivity index (χ1v) is 21.4. The lowest BCUT2D eigenvalue weighted by Crippen LogP contribution is -2.60. The van der Waals surface area contributed by atoms with Crippen LogP contribution in [0.1, 0.15) is 85.3 Å². The number of hydrogen-bond acceptors (Lipinski definition) is 10. The van der Waals surface area contributed by atoms with Gasteiger partial charge < -0.3 is 34.6 Å². The Hall–Kier alpha value is -4.40. The van der Waals surface area contributed by atoms with E-state index in [-0.39, 0.29) is 54.2 Å². The molecule has 0 bridgehead atoms. The summed E-state index contributed by atoms with van der Waals surface area (Å²) < 4.78 is 17.0. The van der Waals surface area contributed by atoms with Gasteiger partial charge in [0.25, 0.3) is 0 Å². The molecule has 0 aliphatic carbocycles. The third-order valence-corrected chi connectivity index (χ3v) is 12.1. The zero-order valence-corrected chi connectivity index (χ0v) is 38.1. The Morgan fingerprint density at radius 1 is 0.850 bits per heavy atom. The molecule has 3 rings (SSSR count). The Bertz CT molecular complexity index is 1660. The van der Waals surface area contributed by atoms with Crippen molar-refractivity contribution in [3.63, 3.8) is 0 Å². The molecule has 1 saturated heterocycles. The van der Waals surface area contributed by atoms with Crippen LogP contribution in [0, 0.1) is 23.7 Å². The lowest BCUT2D eigenvalue weighted by atomic mass is 9.89. The molecule has 4 amide bonds. The van der Waals surface area contributed by atoms with E-state index in [0.29, 0.717) is 25.9 Å². The predicted octanol–water partition coefficient (Wildman–Crippen LogP) is 4.50. The molecular weight excluding hydrogens is 765 g/mol. The Labute approximate surface area is 358 Å². The number of benzene rings is 1. The van der Waals surface area contributed by atoms with E-state index in [4.69, 9.17) is 14.2 Å². The zero-order chi connectivity index (χ0) is 44.7. The van der Waals surface area contributed by atoms with Gasteiger partial charge >= 0.3 is 5.97 Å². The maximum Gasteiger partial charge on any atom is 0.328 e. The fraction of sp³-hybridized carbons (Fsp3) is 0.652. The molecule has 14 nitrogen and oxygen atoms in total. The number of rotatable bonds is 23. The predicted molar refractivity (Wildman–Crippen MR) is 231 cm³/mol. The molecule has 1 aromatic carbocycles. The third-order valence-electron chi connectivity index (χ3n) is 12.1. The molecule has 1 aromatic heterocycles. The molecule has 0 radical (unpaired) electrons. The standard InChI is InChI=1S/C46H72N6O8/c1-13-31(6)41(51(9)45(56)39(29(2)3)49-44(55)40(30(4)5)50(8)28-34-21-23-47-24-22-34)37(58-10)27-38(53)52-25-17-20-36(52)42(59-11)32(7)43(54)48-35(46(57)60-12)26-33-18-15-14-16-19-33/h14-16,18-19,21-24,29-32,35-37,39-42H,13,17,20,25-28H2,1-12H3,(H,48,54)(H,49,55)/t31-,32+,35-,36-,37+,39-,40-,41-,42+/m0/s1. The Morgan fingerprint density at radius 3 is 2.05 bits per heavy atom. The maximum absolute atomic E-state index is 14.5. The quantitative estimate of drug-likeness (QED) is 0.153. The van der Waals surface area contributed by atoms with Crippen LogP contribution in [0.15, 0.2) is 54.9 Å². The van der Waals surface area contributed by atoms with Crippen molar-refractivity contribution in [2.24, 2.45) is 23.7 Å². The van der Waals surface area contributed by atoms with Gasteiger partial charge in [-0.05, 0) is 60.9 Å². The average Bonchev–Trinajstić information content (AvgIpc) is 3.72. The molecule has 1 aliphatic heterocycles. The van der Waals surface area contributed by atoms with Crippen LogP contribution >= 0.6 is 0 Å². The number of likely N-dealkylation sites (N-methyl/N-ethyl adjacent to an activating group) is 2. The summed E-state index contributed by atoms with van der Waals surface area (Å²) in [5, 5.41) is 5.97. The molecule has 2 N–H and O–H groups in total. The highest BCUT2D eigenvalue weighted by molar-refractivity contribution is 5.90. The van der Waals surface area contributed by atoms with E-state index in [0.717, 1.165) is 17.5 Å². The van der Waals surface area contributed by atoms with E-state index in [9.17, 15) is 24.0 Å². The molecule has 334 valence electrons. The van der Waals surface area contributed by atoms with Gasteiger partial charge in [-0.25, -0.2) is 4.79 Å². The summed E-state index contributed by atoms with van der Waals surface area (Å²) in [4.78, 5) is 78.8. The summed E-state index contributed by atoms with van der Waals surface area (Å²) in [6.45, 7) is 14.6. The summed E-state index contributed by atoms with van der Waals surface area (Å²) in [7, 11) is 8.01. The lowest BCUT2D eigenvalue weighted by molar-refractivity contribution is -0.149. The number of likely N-dealkylation sites (tertiary alicyclic amines) is 1. The van der Waals surface area contributed by atoms with Crippen LogP contribution in [-0.2, 0) is 51.1 Å². The van der Waals surface area contributed by atoms with Crippen molar-refractivity contribution in [3.05, 3.63) is 66.0 Å². The van der Waals surface area contributed by atoms with Gasteiger partial charge in [-0.1, -0.05) is 85.2 Å². The largest absolute Gasteiger partial charge is 0.467 e. The molecule has 14 heteroatoms. The molecule has 0 saturated carbocycles. The molecule has 9 atom stereocenters. The highest BCUT2D eigenvalue weighted by Crippen LogP contribution is 2.30. The topological polar surface area (TPSA) is 160 Å². The van der Waals surface area contributed by atoms with E-state index < -0.39 is 54.3 Å². The van der Waals surface area contributed by atoms with E-state index in [1.54, 1.807) is 43.3 Å². The van der Waals surface area contributed by atoms with Gasteiger partial charge in [-0.15, -0.1) is 0 Å². The van der Waals surface area contributed by atoms with E-state index in [1.807, 2.05) is 96.0 Å². The fourth-order valence-corrected chi connectivity index (χ4v) is 8.65. The number of nitrogens with one attached hydrogen (secondary N) is 2. The van der Waals surface area contributed by atoms with Crippen molar-refractivity contribution < 1.29 is 38.2 Å². The van der Waals surface area contributed by atoms with Gasteiger partial charge in [0, 0.05) is 53.2 Å². The van der Waals surface area contributed by atoms with E-state index in [2.05, 4.69) is 15.6 Å². The Morgan fingerprint density at radius 2 is 1.50 bits per heavy atom. The minimum Gasteiger partial charge on any atom is -0.467 e. The van der Waals surface area contributed by atoms with E-state index in [1.165, 1.54) is 14.2 Å². The summed E-state index contributed by atoms with van der Waals surface area (Å²) >= 11 is 0. The molecule has 1 aliphatic rings. The highest BCUT2D eigenvalue weighted by Gasteiger charge is 2.43. The van der Waals surface area contributed by atoms with Crippen molar-refractivity contribution in [3.8, 4) is 0 Å². The van der Waals surface area contributed by atoms with Gasteiger partial charge in [0.2, 0.25) is 23.6 Å². The van der Waals surface area contributed by atoms with E-state index >= 15 is 0 Å². The number of ether oxygens (including phenoxy) is 3. The number of carbonyl (C=O) groups excluding carboxylic acids is 5. The second-order valence-corrected chi connectivity index (χ2v) is 17.1. The van der Waals surface area contributed by atoms with Crippen molar-refractivity contribution in [2.45, 2.75) is 130 Å². The average molecular weight is 837 g/mol. The number of pyridine rings is 1. The smallest absolute Gasteiger partial charge is 0.328 e.